The molecule has 0 bridgehead atoms. The van der Waals surface area contributed by atoms with E-state index >= 15 is 0 Å². The van der Waals surface area contributed by atoms with Crippen LogP contribution in [0, 0.1) is 0 Å². The van der Waals surface area contributed by atoms with Crippen molar-refractivity contribution in [3.05, 3.63) is 64.1 Å². The first-order chi connectivity index (χ1) is 10.5. The summed E-state index contributed by atoms with van der Waals surface area (Å²) in [6.45, 7) is 2.23. The topological polar surface area (TPSA) is 29.5 Å². The van der Waals surface area contributed by atoms with Gasteiger partial charge in [0.1, 0.15) is 5.75 Å². The maximum atomic E-state index is 12.4. The first-order valence-electron chi connectivity index (χ1n) is 6.88. The van der Waals surface area contributed by atoms with E-state index in [0.717, 1.165) is 5.56 Å². The highest BCUT2D eigenvalue weighted by Gasteiger charge is 2.20. The molecule has 0 unspecified atom stereocenters. The fourth-order valence-corrected chi connectivity index (χ4v) is 2.51. The van der Waals surface area contributed by atoms with Crippen molar-refractivity contribution in [1.82, 2.24) is 4.90 Å². The highest BCUT2D eigenvalue weighted by molar-refractivity contribution is 6.35. The maximum absolute atomic E-state index is 12.4. The molecule has 0 spiro atoms. The van der Waals surface area contributed by atoms with Gasteiger partial charge in [-0.15, -0.1) is 0 Å². The summed E-state index contributed by atoms with van der Waals surface area (Å²) in [4.78, 5) is 14.0. The minimum Gasteiger partial charge on any atom is -0.479 e. The van der Waals surface area contributed by atoms with Gasteiger partial charge < -0.3 is 9.64 Å². The molecule has 2 aromatic carbocycles. The monoisotopic (exact) mass is 337 g/mol. The van der Waals surface area contributed by atoms with Crippen molar-refractivity contribution < 1.29 is 9.53 Å². The molecule has 0 N–H and O–H groups in total. The van der Waals surface area contributed by atoms with Crippen LogP contribution in [0.25, 0.3) is 0 Å². The fourth-order valence-electron chi connectivity index (χ4n) is 2.06. The quantitative estimate of drug-likeness (QED) is 0.808. The summed E-state index contributed by atoms with van der Waals surface area (Å²) in [6, 6.07) is 14.7. The molecule has 0 heterocycles. The van der Waals surface area contributed by atoms with Crippen molar-refractivity contribution in [3.63, 3.8) is 0 Å². The second-order valence-corrected chi connectivity index (χ2v) is 5.86. The minimum absolute atomic E-state index is 0.116. The fraction of sp³-hybridized carbons (Fsp3) is 0.235. The molecular formula is C17H17Cl2NO2. The number of hydrogen-bond acceptors (Lipinski definition) is 2. The van der Waals surface area contributed by atoms with E-state index in [1.165, 1.54) is 0 Å². The van der Waals surface area contributed by atoms with E-state index in [0.29, 0.717) is 22.3 Å². The molecule has 0 saturated carbocycles. The van der Waals surface area contributed by atoms with E-state index in [1.807, 2.05) is 30.3 Å². The van der Waals surface area contributed by atoms with Crippen LogP contribution in [0.4, 0.5) is 0 Å². The molecule has 1 atom stereocenters. The van der Waals surface area contributed by atoms with Gasteiger partial charge in [0.25, 0.3) is 5.91 Å². The molecule has 0 aromatic heterocycles. The lowest BCUT2D eigenvalue weighted by Gasteiger charge is -2.22. The van der Waals surface area contributed by atoms with Gasteiger partial charge in [0, 0.05) is 18.6 Å². The third-order valence-corrected chi connectivity index (χ3v) is 3.71. The second-order valence-electron chi connectivity index (χ2n) is 5.01. The summed E-state index contributed by atoms with van der Waals surface area (Å²) >= 11 is 11.9. The van der Waals surface area contributed by atoms with E-state index < -0.39 is 6.10 Å². The molecule has 0 aliphatic carbocycles. The van der Waals surface area contributed by atoms with Crippen LogP contribution in [0.15, 0.2) is 48.5 Å². The molecule has 0 fully saturated rings. The van der Waals surface area contributed by atoms with Crippen molar-refractivity contribution in [1.29, 1.82) is 0 Å². The summed E-state index contributed by atoms with van der Waals surface area (Å²) in [5.41, 5.74) is 1.06. The zero-order valence-corrected chi connectivity index (χ0v) is 13.9. The van der Waals surface area contributed by atoms with E-state index in [2.05, 4.69) is 0 Å². The molecule has 22 heavy (non-hydrogen) atoms. The lowest BCUT2D eigenvalue weighted by Crippen LogP contribution is -2.37. The van der Waals surface area contributed by atoms with Crippen LogP contribution in [0.3, 0.4) is 0 Å². The molecule has 0 aliphatic heterocycles. The maximum Gasteiger partial charge on any atom is 0.263 e. The summed E-state index contributed by atoms with van der Waals surface area (Å²) < 4.78 is 5.64. The van der Waals surface area contributed by atoms with Gasteiger partial charge >= 0.3 is 0 Å². The Kier molecular flexibility index (Phi) is 5.69. The molecule has 2 rings (SSSR count). The smallest absolute Gasteiger partial charge is 0.263 e. The molecule has 1 amide bonds. The highest BCUT2D eigenvalue weighted by Crippen LogP contribution is 2.28. The number of ether oxygens (including phenoxy) is 1. The first kappa shape index (κ1) is 16.7. The molecule has 5 heteroatoms. The molecule has 0 aliphatic rings. The number of hydrogen-bond donors (Lipinski definition) is 0. The number of carbonyl (C=O) groups excluding carboxylic acids is 1. The van der Waals surface area contributed by atoms with Crippen molar-refractivity contribution in [2.75, 3.05) is 7.05 Å². The average molecular weight is 338 g/mol. The van der Waals surface area contributed by atoms with Gasteiger partial charge in [-0.3, -0.25) is 4.79 Å². The van der Waals surface area contributed by atoms with Crippen LogP contribution >= 0.6 is 23.2 Å². The largest absolute Gasteiger partial charge is 0.479 e. The predicted molar refractivity (Wildman–Crippen MR) is 89.5 cm³/mol. The minimum atomic E-state index is -0.632. The van der Waals surface area contributed by atoms with E-state index in [9.17, 15) is 4.79 Å². The van der Waals surface area contributed by atoms with Gasteiger partial charge in [0.15, 0.2) is 6.10 Å². The third-order valence-electron chi connectivity index (χ3n) is 3.18. The standard InChI is InChI=1S/C17H17Cl2NO2/c1-12(22-16-9-8-14(18)10-15(16)19)17(21)20(2)11-13-6-4-3-5-7-13/h3-10,12H,11H2,1-2H3/t12-/m1/s1. The molecule has 0 saturated heterocycles. The normalized spacial score (nSPS) is 11.8. The molecule has 0 radical (unpaired) electrons. The van der Waals surface area contributed by atoms with Gasteiger partial charge in [0.05, 0.1) is 5.02 Å². The van der Waals surface area contributed by atoms with Gasteiger partial charge in [-0.25, -0.2) is 0 Å². The molecular weight excluding hydrogens is 321 g/mol. The van der Waals surface area contributed by atoms with Gasteiger partial charge in [-0.2, -0.15) is 0 Å². The Morgan fingerprint density at radius 3 is 2.50 bits per heavy atom. The van der Waals surface area contributed by atoms with Crippen molar-refractivity contribution in [3.8, 4) is 5.75 Å². The summed E-state index contributed by atoms with van der Waals surface area (Å²) in [5.74, 6) is 0.329. The number of halogens is 2. The lowest BCUT2D eigenvalue weighted by atomic mass is 10.2. The van der Waals surface area contributed by atoms with Crippen molar-refractivity contribution in [2.24, 2.45) is 0 Å². The number of benzene rings is 2. The number of amides is 1. The zero-order chi connectivity index (χ0) is 16.1. The van der Waals surface area contributed by atoms with Crippen molar-refractivity contribution >= 4 is 29.1 Å². The number of likely N-dealkylation sites (N-methyl/N-ethyl adjacent to an activating group) is 1. The zero-order valence-electron chi connectivity index (χ0n) is 12.4. The van der Waals surface area contributed by atoms with Gasteiger partial charge in [-0.05, 0) is 30.7 Å². The van der Waals surface area contributed by atoms with E-state index in [-0.39, 0.29) is 5.91 Å². The summed E-state index contributed by atoms with van der Waals surface area (Å²) in [5, 5.41) is 0.912. The van der Waals surface area contributed by atoms with Crippen LogP contribution in [0.1, 0.15) is 12.5 Å². The van der Waals surface area contributed by atoms with Crippen molar-refractivity contribution in [2.45, 2.75) is 19.6 Å². The Morgan fingerprint density at radius 1 is 1.18 bits per heavy atom. The SMILES string of the molecule is C[C@@H](Oc1ccc(Cl)cc1Cl)C(=O)N(C)Cc1ccccc1. The molecule has 3 nitrogen and oxygen atoms in total. The summed E-state index contributed by atoms with van der Waals surface area (Å²) in [7, 11) is 1.75. The Bertz CT molecular complexity index is 646. The van der Waals surface area contributed by atoms with Crippen LogP contribution in [-0.4, -0.2) is 24.0 Å². The van der Waals surface area contributed by atoms with Gasteiger partial charge in [-0.1, -0.05) is 53.5 Å². The molecule has 2 aromatic rings. The highest BCUT2D eigenvalue weighted by atomic mass is 35.5. The van der Waals surface area contributed by atoms with Crippen LogP contribution in [0.5, 0.6) is 5.75 Å². The van der Waals surface area contributed by atoms with E-state index in [4.69, 9.17) is 27.9 Å². The second kappa shape index (κ2) is 7.52. The van der Waals surface area contributed by atoms with Crippen LogP contribution < -0.4 is 4.74 Å². The average Bonchev–Trinajstić information content (AvgIpc) is 2.50. The lowest BCUT2D eigenvalue weighted by molar-refractivity contribution is -0.137. The third kappa shape index (κ3) is 4.39. The van der Waals surface area contributed by atoms with E-state index in [1.54, 1.807) is 37.1 Å². The number of carbonyl (C=O) groups is 1. The number of nitrogens with zero attached hydrogens (tertiary/aromatic N) is 1. The summed E-state index contributed by atoms with van der Waals surface area (Å²) in [6.07, 6.45) is -0.632. The molecule has 116 valence electrons. The van der Waals surface area contributed by atoms with Gasteiger partial charge in [0.2, 0.25) is 0 Å². The Hall–Kier alpha value is -1.71. The Labute approximate surface area is 140 Å². The predicted octanol–water partition coefficient (Wildman–Crippen LogP) is 4.42. The van der Waals surface area contributed by atoms with Crippen LogP contribution in [0.2, 0.25) is 10.0 Å². The Morgan fingerprint density at radius 2 is 1.86 bits per heavy atom. The number of rotatable bonds is 5. The van der Waals surface area contributed by atoms with Crippen LogP contribution in [-0.2, 0) is 11.3 Å². The Balaban J connectivity index is 1.99. The first-order valence-corrected chi connectivity index (χ1v) is 7.63.